The van der Waals surface area contributed by atoms with Crippen molar-refractivity contribution >= 4 is 0 Å². The zero-order chi connectivity index (χ0) is 16.1. The molecule has 2 unspecified atom stereocenters. The highest BCUT2D eigenvalue weighted by molar-refractivity contribution is 5.10. The largest absolute Gasteiger partial charge is 0.457 e. The summed E-state index contributed by atoms with van der Waals surface area (Å²) in [6.07, 6.45) is -27.9. The van der Waals surface area contributed by atoms with E-state index in [9.17, 15) is 57.1 Å². The minimum atomic E-state index is -7.63. The van der Waals surface area contributed by atoms with Gasteiger partial charge < -0.3 is 0 Å². The third-order valence-electron chi connectivity index (χ3n) is 1.86. The second-order valence-electron chi connectivity index (χ2n) is 3.19. The minimum absolute atomic E-state index is 6.11. The number of hydrogen-bond acceptors (Lipinski definition) is 0. The highest BCUT2D eigenvalue weighted by Crippen LogP contribution is 2.57. The summed E-state index contributed by atoms with van der Waals surface area (Å²) in [5, 5.41) is 0. The highest BCUT2D eigenvalue weighted by atomic mass is 19.4. The van der Waals surface area contributed by atoms with Crippen LogP contribution in [-0.2, 0) is 0 Å². The van der Waals surface area contributed by atoms with E-state index < -0.39 is 36.3 Å². The molecule has 0 rings (SSSR count). The Hall–Kier alpha value is -0.910. The van der Waals surface area contributed by atoms with Gasteiger partial charge in [0.05, 0.1) is 0 Å². The van der Waals surface area contributed by atoms with Crippen molar-refractivity contribution in [3.63, 3.8) is 0 Å². The van der Waals surface area contributed by atoms with E-state index in [1.54, 1.807) is 0 Å². The second-order valence-corrected chi connectivity index (χ2v) is 3.19. The fraction of sp³-hybridized carbons (Fsp3) is 1.00. The zero-order valence-electron chi connectivity index (χ0n) is 7.99. The summed E-state index contributed by atoms with van der Waals surface area (Å²) in [5.74, 6) is -7.63. The monoisotopic (exact) mass is 320 g/mol. The number of rotatable bonds is 2. The van der Waals surface area contributed by atoms with Crippen LogP contribution in [0.1, 0.15) is 0 Å². The van der Waals surface area contributed by atoms with Crippen LogP contribution in [0.4, 0.5) is 57.1 Å². The van der Waals surface area contributed by atoms with E-state index in [1.165, 1.54) is 0 Å². The number of halogens is 13. The van der Waals surface area contributed by atoms with Gasteiger partial charge in [-0.25, -0.2) is 8.78 Å². The number of hydrogen-bond donors (Lipinski definition) is 0. The van der Waals surface area contributed by atoms with Crippen molar-refractivity contribution in [3.05, 3.63) is 0 Å². The first-order valence-electron chi connectivity index (χ1n) is 3.81. The molecular formula is C6HF13. The Balaban J connectivity index is 6.14. The second kappa shape index (κ2) is 4.30. The molecule has 13 heteroatoms. The summed E-state index contributed by atoms with van der Waals surface area (Å²) in [6, 6.07) is 0. The molecule has 0 aromatic carbocycles. The Morgan fingerprint density at radius 1 is 0.526 bits per heavy atom. The highest BCUT2D eigenvalue weighted by Gasteiger charge is 2.87. The lowest BCUT2D eigenvalue weighted by Crippen LogP contribution is -2.69. The van der Waals surface area contributed by atoms with E-state index in [0.29, 0.717) is 0 Å². The fourth-order valence-electron chi connectivity index (χ4n) is 0.913. The molecule has 0 radical (unpaired) electrons. The molecule has 0 aliphatic heterocycles. The average Bonchev–Trinajstić information content (AvgIpc) is 2.09. The van der Waals surface area contributed by atoms with Crippen LogP contribution in [0.15, 0.2) is 0 Å². The Kier molecular flexibility index (Phi) is 4.09. The Bertz CT molecular complexity index is 317. The van der Waals surface area contributed by atoms with E-state index in [1.807, 2.05) is 0 Å². The van der Waals surface area contributed by atoms with Crippen molar-refractivity contribution in [2.45, 2.75) is 36.3 Å². The first kappa shape index (κ1) is 18.1. The quantitative estimate of drug-likeness (QED) is 0.664. The SMILES string of the molecule is FC(C(F)(F)F)C(F)(C(F)(F)F)C(F)(F)C(F)(F)F. The molecule has 0 fully saturated rings. The standard InChI is InChI=1S/C6HF13/c7-1(3(9,10)11)2(8,5(14,15)16)4(12,13)6(17,18)19/h1H. The molecule has 0 aliphatic carbocycles. The first-order valence-corrected chi connectivity index (χ1v) is 3.81. The lowest BCUT2D eigenvalue weighted by Gasteiger charge is -2.37. The average molecular weight is 320 g/mol. The van der Waals surface area contributed by atoms with Gasteiger partial charge in [0.15, 0.2) is 0 Å². The molecule has 0 aromatic rings. The molecule has 19 heavy (non-hydrogen) atoms. The molecule has 0 amide bonds. The number of alkyl halides is 13. The molecule has 116 valence electrons. The third kappa shape index (κ3) is 2.68. The van der Waals surface area contributed by atoms with Gasteiger partial charge in [-0.1, -0.05) is 0 Å². The van der Waals surface area contributed by atoms with Gasteiger partial charge in [0.1, 0.15) is 0 Å². The van der Waals surface area contributed by atoms with E-state index in [-0.39, 0.29) is 0 Å². The molecular weight excluding hydrogens is 319 g/mol. The predicted molar refractivity (Wildman–Crippen MR) is 31.8 cm³/mol. The van der Waals surface area contributed by atoms with Crippen molar-refractivity contribution in [3.8, 4) is 0 Å². The van der Waals surface area contributed by atoms with Gasteiger partial charge in [-0.2, -0.15) is 48.3 Å². The molecule has 0 saturated heterocycles. The van der Waals surface area contributed by atoms with Gasteiger partial charge in [-0.3, -0.25) is 0 Å². The zero-order valence-corrected chi connectivity index (χ0v) is 7.99. The molecule has 0 aliphatic rings. The Morgan fingerprint density at radius 3 is 1.00 bits per heavy atom. The topological polar surface area (TPSA) is 0 Å². The maximum atomic E-state index is 12.8. The fourth-order valence-corrected chi connectivity index (χ4v) is 0.913. The molecule has 0 saturated carbocycles. The molecule has 0 aromatic heterocycles. The van der Waals surface area contributed by atoms with E-state index in [0.717, 1.165) is 0 Å². The summed E-state index contributed by atoms with van der Waals surface area (Å²) in [5.41, 5.74) is -7.49. The maximum Gasteiger partial charge on any atom is 0.457 e. The third-order valence-corrected chi connectivity index (χ3v) is 1.86. The lowest BCUT2D eigenvalue weighted by molar-refractivity contribution is -0.412. The summed E-state index contributed by atoms with van der Waals surface area (Å²) >= 11 is 0. The Morgan fingerprint density at radius 2 is 0.842 bits per heavy atom. The molecule has 0 spiro atoms. The molecule has 0 nitrogen and oxygen atoms in total. The van der Waals surface area contributed by atoms with Crippen LogP contribution in [-0.4, -0.2) is 36.3 Å². The van der Waals surface area contributed by atoms with Crippen molar-refractivity contribution in [2.75, 3.05) is 0 Å². The lowest BCUT2D eigenvalue weighted by atomic mass is 9.90. The normalized spacial score (nSPS) is 20.1. The van der Waals surface area contributed by atoms with Crippen LogP contribution >= 0.6 is 0 Å². The molecule has 0 heterocycles. The Labute approximate surface area is 94.7 Å². The minimum Gasteiger partial charge on any atom is -0.233 e. The van der Waals surface area contributed by atoms with Crippen LogP contribution in [0.25, 0.3) is 0 Å². The van der Waals surface area contributed by atoms with Gasteiger partial charge in [-0.15, -0.1) is 0 Å². The molecule has 0 N–H and O–H groups in total. The van der Waals surface area contributed by atoms with Crippen LogP contribution in [0.2, 0.25) is 0 Å². The van der Waals surface area contributed by atoms with Gasteiger partial charge in [0.2, 0.25) is 6.17 Å². The molecule has 2 atom stereocenters. The van der Waals surface area contributed by atoms with Crippen molar-refractivity contribution in [1.29, 1.82) is 0 Å². The van der Waals surface area contributed by atoms with Crippen LogP contribution in [0.3, 0.4) is 0 Å². The van der Waals surface area contributed by atoms with Crippen LogP contribution < -0.4 is 0 Å². The van der Waals surface area contributed by atoms with Crippen molar-refractivity contribution < 1.29 is 57.1 Å². The molecule has 0 bridgehead atoms. The van der Waals surface area contributed by atoms with Crippen molar-refractivity contribution in [1.82, 2.24) is 0 Å². The van der Waals surface area contributed by atoms with Crippen LogP contribution in [0, 0.1) is 0 Å². The predicted octanol–water partition coefficient (Wildman–Crippen LogP) is 4.36. The van der Waals surface area contributed by atoms with Crippen molar-refractivity contribution in [2.24, 2.45) is 0 Å². The first-order chi connectivity index (χ1) is 7.90. The summed E-state index contributed by atoms with van der Waals surface area (Å²) in [6.45, 7) is 0. The van der Waals surface area contributed by atoms with Gasteiger partial charge in [0.25, 0.3) is 0 Å². The van der Waals surface area contributed by atoms with E-state index >= 15 is 0 Å². The van der Waals surface area contributed by atoms with Gasteiger partial charge in [-0.05, 0) is 0 Å². The van der Waals surface area contributed by atoms with Gasteiger partial charge in [0, 0.05) is 0 Å². The maximum absolute atomic E-state index is 12.8. The van der Waals surface area contributed by atoms with E-state index in [2.05, 4.69) is 0 Å². The smallest absolute Gasteiger partial charge is 0.233 e. The van der Waals surface area contributed by atoms with Crippen LogP contribution in [0.5, 0.6) is 0 Å². The van der Waals surface area contributed by atoms with E-state index in [4.69, 9.17) is 0 Å². The van der Waals surface area contributed by atoms with Gasteiger partial charge >= 0.3 is 30.1 Å². The summed E-state index contributed by atoms with van der Waals surface area (Å²) < 4.78 is 155. The summed E-state index contributed by atoms with van der Waals surface area (Å²) in [7, 11) is 0. The summed E-state index contributed by atoms with van der Waals surface area (Å²) in [4.78, 5) is 0.